The highest BCUT2D eigenvalue weighted by Crippen LogP contribution is 2.25. The number of nitrogens with two attached hydrogens (primary N) is 1. The van der Waals surface area contributed by atoms with E-state index in [-0.39, 0.29) is 22.3 Å². The molecule has 20 heavy (non-hydrogen) atoms. The highest BCUT2D eigenvalue weighted by Gasteiger charge is 2.28. The number of amides is 1. The van der Waals surface area contributed by atoms with Gasteiger partial charge in [0.25, 0.3) is 15.9 Å². The Balaban J connectivity index is 2.23. The first-order chi connectivity index (χ1) is 9.32. The summed E-state index contributed by atoms with van der Waals surface area (Å²) in [4.78, 5) is 14.2. The molecule has 0 aliphatic carbocycles. The number of nitrogens with zero attached hydrogens (tertiary/aromatic N) is 1. The zero-order valence-electron chi connectivity index (χ0n) is 11.5. The molecule has 1 aromatic heterocycles. The van der Waals surface area contributed by atoms with E-state index in [1.807, 2.05) is 11.8 Å². The fourth-order valence-electron chi connectivity index (χ4n) is 2.13. The minimum atomic E-state index is -3.93. The summed E-state index contributed by atoms with van der Waals surface area (Å²) in [5.74, 6) is 0.980. The SMILES string of the molecule is CC[C@@H]1CN(C(=O)c2cc(S(N)(=O)=O)oc2C)CCS1. The third-order valence-corrected chi connectivity index (χ3v) is 5.42. The van der Waals surface area contributed by atoms with E-state index in [9.17, 15) is 13.2 Å². The van der Waals surface area contributed by atoms with E-state index in [0.717, 1.165) is 12.2 Å². The first kappa shape index (κ1) is 15.4. The third-order valence-electron chi connectivity index (χ3n) is 3.29. The molecule has 2 heterocycles. The predicted octanol–water partition coefficient (Wildman–Crippen LogP) is 1.20. The quantitative estimate of drug-likeness (QED) is 0.904. The Hall–Kier alpha value is -0.990. The molecule has 1 fully saturated rings. The van der Waals surface area contributed by atoms with Crippen LogP contribution >= 0.6 is 11.8 Å². The second kappa shape index (κ2) is 5.79. The van der Waals surface area contributed by atoms with Crippen LogP contribution in [0.25, 0.3) is 0 Å². The average Bonchev–Trinajstić information content (AvgIpc) is 2.80. The summed E-state index contributed by atoms with van der Waals surface area (Å²) in [7, 11) is -3.93. The van der Waals surface area contributed by atoms with Gasteiger partial charge in [-0.25, -0.2) is 13.6 Å². The molecule has 8 heteroatoms. The van der Waals surface area contributed by atoms with E-state index in [4.69, 9.17) is 9.56 Å². The van der Waals surface area contributed by atoms with Crippen molar-refractivity contribution in [1.82, 2.24) is 4.90 Å². The lowest BCUT2D eigenvalue weighted by Gasteiger charge is -2.31. The summed E-state index contributed by atoms with van der Waals surface area (Å²) >= 11 is 1.86. The van der Waals surface area contributed by atoms with Gasteiger partial charge in [-0.1, -0.05) is 6.92 Å². The largest absolute Gasteiger partial charge is 0.448 e. The van der Waals surface area contributed by atoms with Crippen molar-refractivity contribution in [3.05, 3.63) is 17.4 Å². The molecule has 1 saturated heterocycles. The number of sulfonamides is 1. The number of aryl methyl sites for hydroxylation is 1. The van der Waals surface area contributed by atoms with Crippen molar-refractivity contribution in [1.29, 1.82) is 0 Å². The van der Waals surface area contributed by atoms with Crippen molar-refractivity contribution in [2.75, 3.05) is 18.8 Å². The van der Waals surface area contributed by atoms with E-state index in [0.29, 0.717) is 18.3 Å². The molecule has 112 valence electrons. The maximum atomic E-state index is 12.4. The molecule has 0 unspecified atom stereocenters. The van der Waals surface area contributed by atoms with Crippen molar-refractivity contribution in [2.24, 2.45) is 5.14 Å². The number of thioether (sulfide) groups is 1. The molecule has 0 bridgehead atoms. The van der Waals surface area contributed by atoms with Gasteiger partial charge in [-0.2, -0.15) is 11.8 Å². The fraction of sp³-hybridized carbons (Fsp3) is 0.583. The zero-order chi connectivity index (χ0) is 14.9. The maximum Gasteiger partial charge on any atom is 0.271 e. The Bertz CT molecular complexity index is 609. The Morgan fingerprint density at radius 1 is 1.60 bits per heavy atom. The fourth-order valence-corrected chi connectivity index (χ4v) is 3.83. The first-order valence-electron chi connectivity index (χ1n) is 6.37. The molecule has 1 aromatic rings. The molecular weight excluding hydrogens is 300 g/mol. The first-order valence-corrected chi connectivity index (χ1v) is 8.96. The van der Waals surface area contributed by atoms with Gasteiger partial charge in [0, 0.05) is 30.2 Å². The molecule has 1 amide bonds. The van der Waals surface area contributed by atoms with Gasteiger partial charge in [0.05, 0.1) is 5.56 Å². The summed E-state index contributed by atoms with van der Waals surface area (Å²) in [6.45, 7) is 5.00. The van der Waals surface area contributed by atoms with Crippen molar-refractivity contribution in [3.63, 3.8) is 0 Å². The lowest BCUT2D eigenvalue weighted by Crippen LogP contribution is -2.41. The van der Waals surface area contributed by atoms with Gasteiger partial charge in [-0.15, -0.1) is 0 Å². The van der Waals surface area contributed by atoms with Crippen LogP contribution in [0.5, 0.6) is 0 Å². The van der Waals surface area contributed by atoms with E-state index < -0.39 is 10.0 Å². The zero-order valence-corrected chi connectivity index (χ0v) is 13.1. The average molecular weight is 318 g/mol. The van der Waals surface area contributed by atoms with Crippen LogP contribution in [-0.4, -0.2) is 43.3 Å². The van der Waals surface area contributed by atoms with Gasteiger partial charge >= 0.3 is 0 Å². The van der Waals surface area contributed by atoms with Gasteiger partial charge in [0.1, 0.15) is 5.76 Å². The van der Waals surface area contributed by atoms with E-state index in [1.54, 1.807) is 11.8 Å². The number of hydrogen-bond acceptors (Lipinski definition) is 5. The topological polar surface area (TPSA) is 93.6 Å². The van der Waals surface area contributed by atoms with Gasteiger partial charge in [0.15, 0.2) is 0 Å². The number of primary sulfonamides is 1. The smallest absolute Gasteiger partial charge is 0.271 e. The summed E-state index contributed by atoms with van der Waals surface area (Å²) in [6.07, 6.45) is 1.00. The highest BCUT2D eigenvalue weighted by molar-refractivity contribution is 8.00. The number of hydrogen-bond donors (Lipinski definition) is 1. The van der Waals surface area contributed by atoms with Crippen molar-refractivity contribution < 1.29 is 17.6 Å². The van der Waals surface area contributed by atoms with Gasteiger partial charge < -0.3 is 9.32 Å². The van der Waals surface area contributed by atoms with Gasteiger partial charge in [0.2, 0.25) is 5.09 Å². The van der Waals surface area contributed by atoms with Crippen molar-refractivity contribution in [2.45, 2.75) is 30.6 Å². The standard InChI is InChI=1S/C12H18N2O4S2/c1-3-9-7-14(4-5-19-9)12(15)10-6-11(18-8(10)2)20(13,16)17/h6,9H,3-5,7H2,1-2H3,(H2,13,16,17)/t9-/m1/s1. The molecule has 6 nitrogen and oxygen atoms in total. The van der Waals surface area contributed by atoms with Crippen molar-refractivity contribution >= 4 is 27.7 Å². The van der Waals surface area contributed by atoms with Crippen LogP contribution in [0.1, 0.15) is 29.5 Å². The van der Waals surface area contributed by atoms with Gasteiger partial charge in [-0.3, -0.25) is 4.79 Å². The minimum Gasteiger partial charge on any atom is -0.448 e. The number of carbonyl (C=O) groups is 1. The van der Waals surface area contributed by atoms with E-state index >= 15 is 0 Å². The second-order valence-electron chi connectivity index (χ2n) is 4.73. The molecule has 0 aromatic carbocycles. The molecule has 0 spiro atoms. The predicted molar refractivity (Wildman–Crippen MR) is 77.3 cm³/mol. The monoisotopic (exact) mass is 318 g/mol. The molecule has 1 aliphatic heterocycles. The molecule has 2 N–H and O–H groups in total. The Labute approximate surface area is 122 Å². The molecule has 1 aliphatic rings. The Morgan fingerprint density at radius 2 is 2.30 bits per heavy atom. The molecule has 1 atom stereocenters. The summed E-state index contributed by atoms with van der Waals surface area (Å²) in [5, 5.41) is 5.08. The minimum absolute atomic E-state index is 0.195. The Kier molecular flexibility index (Phi) is 4.46. The van der Waals surface area contributed by atoms with Crippen molar-refractivity contribution in [3.8, 4) is 0 Å². The third kappa shape index (κ3) is 3.18. The van der Waals surface area contributed by atoms with Crippen LogP contribution in [0, 0.1) is 6.92 Å². The lowest BCUT2D eigenvalue weighted by atomic mass is 10.2. The number of rotatable bonds is 3. The Morgan fingerprint density at radius 3 is 2.85 bits per heavy atom. The molecule has 2 rings (SSSR count). The maximum absolute atomic E-state index is 12.4. The van der Waals surface area contributed by atoms with E-state index in [1.165, 1.54) is 6.07 Å². The van der Waals surface area contributed by atoms with Crippen LogP contribution < -0.4 is 5.14 Å². The summed E-state index contributed by atoms with van der Waals surface area (Å²) < 4.78 is 27.6. The molecule has 0 radical (unpaired) electrons. The van der Waals surface area contributed by atoms with Crippen LogP contribution in [0.2, 0.25) is 0 Å². The van der Waals surface area contributed by atoms with E-state index in [2.05, 4.69) is 6.92 Å². The van der Waals surface area contributed by atoms with Gasteiger partial charge in [-0.05, 0) is 13.3 Å². The highest BCUT2D eigenvalue weighted by atomic mass is 32.2. The normalized spacial score (nSPS) is 20.1. The summed E-state index contributed by atoms with van der Waals surface area (Å²) in [6, 6.07) is 1.22. The lowest BCUT2D eigenvalue weighted by molar-refractivity contribution is 0.0759. The second-order valence-corrected chi connectivity index (χ2v) is 7.63. The van der Waals surface area contributed by atoms with Crippen LogP contribution in [-0.2, 0) is 10.0 Å². The molecule has 0 saturated carbocycles. The van der Waals surface area contributed by atoms with Crippen LogP contribution in [0.3, 0.4) is 0 Å². The molecular formula is C12H18N2O4S2. The van der Waals surface area contributed by atoms with Crippen LogP contribution in [0.4, 0.5) is 0 Å². The number of furan rings is 1. The van der Waals surface area contributed by atoms with Crippen LogP contribution in [0.15, 0.2) is 15.6 Å². The summed E-state index contributed by atoms with van der Waals surface area (Å²) in [5.41, 5.74) is 0.274. The number of carbonyl (C=O) groups excluding carboxylic acids is 1.